The summed E-state index contributed by atoms with van der Waals surface area (Å²) in [4.78, 5) is 35.2. The molecule has 0 aliphatic carbocycles. The van der Waals surface area contributed by atoms with Crippen LogP contribution in [0.5, 0.6) is 0 Å². The standard InChI is InChI=1S/C21H22N6O2/c1-13-8-16(10-22-9-13)21(29)27-11-17(18(12-27)23-14(2)28)20-24-19(25-26-20)15-6-4-3-5-7-15/h3-10,17-18H,11-12H2,1-2H3,(H,23,28)(H,24,25,26)/t17-,18-/m1/s1. The molecule has 0 spiro atoms. The number of rotatable bonds is 4. The zero-order valence-corrected chi connectivity index (χ0v) is 16.3. The molecule has 3 heterocycles. The highest BCUT2D eigenvalue weighted by Gasteiger charge is 2.39. The minimum Gasteiger partial charge on any atom is -0.351 e. The van der Waals surface area contributed by atoms with Gasteiger partial charge in [-0.1, -0.05) is 30.3 Å². The van der Waals surface area contributed by atoms with Crippen molar-refractivity contribution >= 4 is 11.8 Å². The molecule has 4 rings (SSSR count). The normalized spacial score (nSPS) is 18.6. The Morgan fingerprint density at radius 1 is 1.17 bits per heavy atom. The molecule has 0 radical (unpaired) electrons. The molecule has 8 heteroatoms. The predicted octanol–water partition coefficient (Wildman–Crippen LogP) is 1.92. The number of amides is 2. The maximum absolute atomic E-state index is 13.0. The van der Waals surface area contributed by atoms with Gasteiger partial charge in [0.1, 0.15) is 5.82 Å². The Morgan fingerprint density at radius 2 is 1.97 bits per heavy atom. The predicted molar refractivity (Wildman–Crippen MR) is 107 cm³/mol. The van der Waals surface area contributed by atoms with Gasteiger partial charge in [-0.2, -0.15) is 5.10 Å². The van der Waals surface area contributed by atoms with E-state index in [2.05, 4.69) is 25.5 Å². The minimum absolute atomic E-state index is 0.109. The molecule has 148 valence electrons. The maximum atomic E-state index is 13.0. The van der Waals surface area contributed by atoms with E-state index in [4.69, 9.17) is 0 Å². The largest absolute Gasteiger partial charge is 0.351 e. The van der Waals surface area contributed by atoms with E-state index in [0.29, 0.717) is 30.3 Å². The number of pyridine rings is 1. The van der Waals surface area contributed by atoms with Gasteiger partial charge in [0.2, 0.25) is 5.91 Å². The van der Waals surface area contributed by atoms with Crippen LogP contribution in [-0.2, 0) is 4.79 Å². The van der Waals surface area contributed by atoms with Crippen molar-refractivity contribution in [2.75, 3.05) is 13.1 Å². The second-order valence-electron chi connectivity index (χ2n) is 7.28. The number of likely N-dealkylation sites (tertiary alicyclic amines) is 1. The Morgan fingerprint density at radius 3 is 2.69 bits per heavy atom. The zero-order valence-electron chi connectivity index (χ0n) is 16.3. The Balaban J connectivity index is 1.59. The van der Waals surface area contributed by atoms with Crippen molar-refractivity contribution in [3.63, 3.8) is 0 Å². The highest BCUT2D eigenvalue weighted by atomic mass is 16.2. The lowest BCUT2D eigenvalue weighted by Crippen LogP contribution is -2.39. The molecule has 1 aliphatic rings. The molecule has 0 saturated carbocycles. The number of benzene rings is 1. The lowest BCUT2D eigenvalue weighted by atomic mass is 10.0. The average molecular weight is 390 g/mol. The molecule has 1 aromatic carbocycles. The molecule has 3 aromatic rings. The smallest absolute Gasteiger partial charge is 0.255 e. The lowest BCUT2D eigenvalue weighted by Gasteiger charge is -2.17. The SMILES string of the molecule is CC(=O)N[C@@H]1CN(C(=O)c2cncc(C)c2)C[C@H]1c1nc(-c2ccccc2)n[nH]1. The number of nitrogens with one attached hydrogen (secondary N) is 2. The molecule has 2 amide bonds. The summed E-state index contributed by atoms with van der Waals surface area (Å²) < 4.78 is 0. The van der Waals surface area contributed by atoms with E-state index >= 15 is 0 Å². The first kappa shape index (κ1) is 18.8. The lowest BCUT2D eigenvalue weighted by molar-refractivity contribution is -0.119. The van der Waals surface area contributed by atoms with Crippen molar-refractivity contribution in [1.82, 2.24) is 30.4 Å². The molecule has 0 unspecified atom stereocenters. The van der Waals surface area contributed by atoms with Gasteiger partial charge in [0.25, 0.3) is 5.91 Å². The minimum atomic E-state index is -0.245. The molecule has 2 aromatic heterocycles. The number of hydrogen-bond donors (Lipinski definition) is 2. The van der Waals surface area contributed by atoms with E-state index in [0.717, 1.165) is 11.1 Å². The molecular formula is C21H22N6O2. The fraction of sp³-hybridized carbons (Fsp3) is 0.286. The number of hydrogen-bond acceptors (Lipinski definition) is 5. The Kier molecular flexibility index (Phi) is 5.07. The molecule has 0 bridgehead atoms. The van der Waals surface area contributed by atoms with Gasteiger partial charge in [0, 0.05) is 38.0 Å². The number of aromatic nitrogens is 4. The first-order chi connectivity index (χ1) is 14.0. The van der Waals surface area contributed by atoms with Crippen LogP contribution in [0.2, 0.25) is 0 Å². The third-order valence-corrected chi connectivity index (χ3v) is 5.00. The number of H-pyrrole nitrogens is 1. The van der Waals surface area contributed by atoms with E-state index in [-0.39, 0.29) is 23.8 Å². The van der Waals surface area contributed by atoms with Gasteiger partial charge in [-0.15, -0.1) is 0 Å². The quantitative estimate of drug-likeness (QED) is 0.708. The van der Waals surface area contributed by atoms with Crippen molar-refractivity contribution in [3.05, 3.63) is 65.7 Å². The van der Waals surface area contributed by atoms with Gasteiger partial charge in [-0.25, -0.2) is 4.98 Å². The Labute approximate surface area is 168 Å². The van der Waals surface area contributed by atoms with Gasteiger partial charge >= 0.3 is 0 Å². The van der Waals surface area contributed by atoms with Crippen LogP contribution in [0.4, 0.5) is 0 Å². The highest BCUT2D eigenvalue weighted by Crippen LogP contribution is 2.28. The molecule has 2 atom stereocenters. The Hall–Kier alpha value is -3.55. The van der Waals surface area contributed by atoms with Gasteiger partial charge in [-0.3, -0.25) is 19.7 Å². The van der Waals surface area contributed by atoms with E-state index in [1.54, 1.807) is 17.3 Å². The molecule has 1 fully saturated rings. The summed E-state index contributed by atoms with van der Waals surface area (Å²) >= 11 is 0. The van der Waals surface area contributed by atoms with E-state index in [9.17, 15) is 9.59 Å². The van der Waals surface area contributed by atoms with E-state index in [1.165, 1.54) is 6.92 Å². The second kappa shape index (κ2) is 7.83. The van der Waals surface area contributed by atoms with Gasteiger partial charge in [-0.05, 0) is 18.6 Å². The van der Waals surface area contributed by atoms with E-state index < -0.39 is 0 Å². The highest BCUT2D eigenvalue weighted by molar-refractivity contribution is 5.94. The van der Waals surface area contributed by atoms with Crippen molar-refractivity contribution in [2.24, 2.45) is 0 Å². The zero-order chi connectivity index (χ0) is 20.4. The molecule has 1 saturated heterocycles. The van der Waals surface area contributed by atoms with E-state index in [1.807, 2.05) is 43.3 Å². The van der Waals surface area contributed by atoms with Crippen molar-refractivity contribution in [3.8, 4) is 11.4 Å². The Bertz CT molecular complexity index is 1030. The first-order valence-electron chi connectivity index (χ1n) is 9.47. The molecule has 8 nitrogen and oxygen atoms in total. The molecular weight excluding hydrogens is 368 g/mol. The van der Waals surface area contributed by atoms with Crippen molar-refractivity contribution < 1.29 is 9.59 Å². The molecule has 2 N–H and O–H groups in total. The van der Waals surface area contributed by atoms with Crippen LogP contribution in [-0.4, -0.2) is 56.0 Å². The van der Waals surface area contributed by atoms with Crippen LogP contribution in [0.3, 0.4) is 0 Å². The monoisotopic (exact) mass is 390 g/mol. The molecule has 29 heavy (non-hydrogen) atoms. The van der Waals surface area contributed by atoms with Crippen LogP contribution in [0.1, 0.15) is 34.6 Å². The van der Waals surface area contributed by atoms with Crippen LogP contribution in [0, 0.1) is 6.92 Å². The van der Waals surface area contributed by atoms with Gasteiger partial charge < -0.3 is 10.2 Å². The van der Waals surface area contributed by atoms with Gasteiger partial charge in [0.05, 0.1) is 17.5 Å². The number of nitrogens with zero attached hydrogens (tertiary/aromatic N) is 4. The summed E-state index contributed by atoms with van der Waals surface area (Å²) in [6.07, 6.45) is 3.28. The topological polar surface area (TPSA) is 104 Å². The number of carbonyl (C=O) groups is 2. The third kappa shape index (κ3) is 4.01. The van der Waals surface area contributed by atoms with Crippen LogP contribution >= 0.6 is 0 Å². The van der Waals surface area contributed by atoms with Crippen LogP contribution in [0.25, 0.3) is 11.4 Å². The summed E-state index contributed by atoms with van der Waals surface area (Å²) in [5.41, 5.74) is 2.37. The summed E-state index contributed by atoms with van der Waals surface area (Å²) in [7, 11) is 0. The van der Waals surface area contributed by atoms with Crippen molar-refractivity contribution in [1.29, 1.82) is 0 Å². The summed E-state index contributed by atoms with van der Waals surface area (Å²) in [6.45, 7) is 4.21. The first-order valence-corrected chi connectivity index (χ1v) is 9.47. The van der Waals surface area contributed by atoms with Crippen LogP contribution in [0.15, 0.2) is 48.8 Å². The van der Waals surface area contributed by atoms with Crippen LogP contribution < -0.4 is 5.32 Å². The van der Waals surface area contributed by atoms with Gasteiger partial charge in [0.15, 0.2) is 5.82 Å². The molecule has 1 aliphatic heterocycles. The summed E-state index contributed by atoms with van der Waals surface area (Å²) in [6, 6.07) is 11.2. The third-order valence-electron chi connectivity index (χ3n) is 5.00. The van der Waals surface area contributed by atoms with Crippen molar-refractivity contribution in [2.45, 2.75) is 25.8 Å². The fourth-order valence-electron chi connectivity index (χ4n) is 3.67. The summed E-state index contributed by atoms with van der Waals surface area (Å²) in [5.74, 6) is 0.817. The number of aromatic amines is 1. The number of aryl methyl sites for hydroxylation is 1. The fourth-order valence-corrected chi connectivity index (χ4v) is 3.67. The second-order valence-corrected chi connectivity index (χ2v) is 7.28. The maximum Gasteiger partial charge on any atom is 0.255 e. The number of carbonyl (C=O) groups excluding carboxylic acids is 2. The summed E-state index contributed by atoms with van der Waals surface area (Å²) in [5, 5.41) is 10.3. The average Bonchev–Trinajstić information content (AvgIpc) is 3.35.